The molecule has 0 bridgehead atoms. The zero-order chi connectivity index (χ0) is 22.9. The molecule has 3 aromatic carbocycles. The lowest BCUT2D eigenvalue weighted by molar-refractivity contribution is 0.0747. The van der Waals surface area contributed by atoms with Crippen LogP contribution in [0.4, 0.5) is 5.69 Å². The standard InChI is InChI=1S/C26H24N4O2S/c1-18-6-5-9-21(16-18)28-12-14-29(15-13-28)24(31)19-10-11-22-23(17-19)27-26(33)30(25(22)32)20-7-3-2-4-8-20/h2-11,16-17H,12-15H2,1H3,(H,27,33). The van der Waals surface area contributed by atoms with E-state index >= 15 is 0 Å². The largest absolute Gasteiger partial charge is 0.368 e. The predicted octanol–water partition coefficient (Wildman–Crippen LogP) is 4.32. The Bertz CT molecular complexity index is 1450. The minimum atomic E-state index is -0.203. The molecule has 0 unspecified atom stereocenters. The van der Waals surface area contributed by atoms with E-state index in [9.17, 15) is 9.59 Å². The highest BCUT2D eigenvalue weighted by atomic mass is 32.1. The Morgan fingerprint density at radius 1 is 0.879 bits per heavy atom. The van der Waals surface area contributed by atoms with Crippen molar-refractivity contribution in [2.45, 2.75) is 6.92 Å². The van der Waals surface area contributed by atoms with Crippen molar-refractivity contribution in [1.29, 1.82) is 0 Å². The number of hydrogen-bond acceptors (Lipinski definition) is 4. The fourth-order valence-electron chi connectivity index (χ4n) is 4.34. The van der Waals surface area contributed by atoms with E-state index in [-0.39, 0.29) is 11.5 Å². The third-order valence-electron chi connectivity index (χ3n) is 6.09. The van der Waals surface area contributed by atoms with Gasteiger partial charge in [-0.15, -0.1) is 0 Å². The second-order valence-electron chi connectivity index (χ2n) is 8.28. The van der Waals surface area contributed by atoms with Gasteiger partial charge in [0.15, 0.2) is 4.77 Å². The average molecular weight is 457 g/mol. The number of nitrogens with zero attached hydrogens (tertiary/aromatic N) is 3. The van der Waals surface area contributed by atoms with Crippen LogP contribution in [0.3, 0.4) is 0 Å². The van der Waals surface area contributed by atoms with E-state index < -0.39 is 0 Å². The number of fused-ring (bicyclic) bond motifs is 1. The number of nitrogens with one attached hydrogen (secondary N) is 1. The fourth-order valence-corrected chi connectivity index (χ4v) is 4.64. The summed E-state index contributed by atoms with van der Waals surface area (Å²) >= 11 is 5.46. The summed E-state index contributed by atoms with van der Waals surface area (Å²) in [6, 6.07) is 22.9. The van der Waals surface area contributed by atoms with Gasteiger partial charge in [-0.25, -0.2) is 0 Å². The van der Waals surface area contributed by atoms with Gasteiger partial charge in [0.1, 0.15) is 0 Å². The Morgan fingerprint density at radius 2 is 1.61 bits per heavy atom. The van der Waals surface area contributed by atoms with Crippen molar-refractivity contribution in [2.75, 3.05) is 31.1 Å². The highest BCUT2D eigenvalue weighted by molar-refractivity contribution is 7.71. The first kappa shape index (κ1) is 21.2. The van der Waals surface area contributed by atoms with E-state index in [0.717, 1.165) is 13.1 Å². The molecule has 4 aromatic rings. The normalized spacial score (nSPS) is 14.0. The van der Waals surface area contributed by atoms with Gasteiger partial charge in [-0.2, -0.15) is 0 Å². The summed E-state index contributed by atoms with van der Waals surface area (Å²) in [6.07, 6.45) is 0. The molecule has 2 heterocycles. The number of carbonyl (C=O) groups excluding carboxylic acids is 1. The maximum atomic E-state index is 13.2. The van der Waals surface area contributed by atoms with E-state index in [1.165, 1.54) is 15.8 Å². The van der Waals surface area contributed by atoms with Gasteiger partial charge in [0.2, 0.25) is 0 Å². The van der Waals surface area contributed by atoms with Gasteiger partial charge in [0.05, 0.1) is 16.6 Å². The second-order valence-corrected chi connectivity index (χ2v) is 8.67. The van der Waals surface area contributed by atoms with E-state index in [2.05, 4.69) is 41.1 Å². The number of piperazine rings is 1. The summed E-state index contributed by atoms with van der Waals surface area (Å²) in [5, 5.41) is 0.494. The first-order valence-electron chi connectivity index (χ1n) is 11.0. The smallest absolute Gasteiger partial charge is 0.266 e. The van der Waals surface area contributed by atoms with Crippen LogP contribution in [0.15, 0.2) is 77.6 Å². The second kappa shape index (κ2) is 8.67. The molecule has 166 valence electrons. The summed E-state index contributed by atoms with van der Waals surface area (Å²) in [7, 11) is 0. The summed E-state index contributed by atoms with van der Waals surface area (Å²) in [4.78, 5) is 33.6. The van der Waals surface area contributed by atoms with Crippen molar-refractivity contribution in [3.8, 4) is 5.69 Å². The van der Waals surface area contributed by atoms with Crippen LogP contribution in [0, 0.1) is 11.7 Å². The van der Waals surface area contributed by atoms with Crippen LogP contribution >= 0.6 is 12.2 Å². The highest BCUT2D eigenvalue weighted by Gasteiger charge is 2.23. The number of amides is 1. The van der Waals surface area contributed by atoms with Crippen LogP contribution in [0.2, 0.25) is 0 Å². The summed E-state index contributed by atoms with van der Waals surface area (Å²) in [5.74, 6) is -0.0349. The average Bonchev–Trinajstić information content (AvgIpc) is 2.84. The zero-order valence-corrected chi connectivity index (χ0v) is 19.1. The molecule has 0 atom stereocenters. The minimum absolute atomic E-state index is 0.0349. The first-order chi connectivity index (χ1) is 16.0. The van der Waals surface area contributed by atoms with Crippen LogP contribution in [0.1, 0.15) is 15.9 Å². The van der Waals surface area contributed by atoms with Gasteiger partial charge >= 0.3 is 0 Å². The number of aryl methyl sites for hydroxylation is 1. The molecule has 1 aliphatic heterocycles. The Morgan fingerprint density at radius 3 is 2.33 bits per heavy atom. The quantitative estimate of drug-likeness (QED) is 0.467. The third kappa shape index (κ3) is 4.07. The van der Waals surface area contributed by atoms with Gasteiger partial charge in [-0.1, -0.05) is 30.3 Å². The Labute approximate surface area is 196 Å². The lowest BCUT2D eigenvalue weighted by Crippen LogP contribution is -2.48. The number of benzene rings is 3. The lowest BCUT2D eigenvalue weighted by atomic mass is 10.1. The van der Waals surface area contributed by atoms with Gasteiger partial charge in [0, 0.05) is 37.4 Å². The van der Waals surface area contributed by atoms with Crippen LogP contribution in [-0.4, -0.2) is 46.5 Å². The topological polar surface area (TPSA) is 61.3 Å². The molecule has 1 aliphatic rings. The van der Waals surface area contributed by atoms with E-state index in [1.807, 2.05) is 35.2 Å². The molecule has 6 nitrogen and oxygen atoms in total. The molecule has 0 spiro atoms. The molecule has 1 saturated heterocycles. The molecule has 1 amide bonds. The van der Waals surface area contributed by atoms with Crippen LogP contribution in [0.25, 0.3) is 16.6 Å². The van der Waals surface area contributed by atoms with Crippen LogP contribution in [-0.2, 0) is 0 Å². The third-order valence-corrected chi connectivity index (χ3v) is 6.38. The van der Waals surface area contributed by atoms with E-state index in [0.29, 0.717) is 40.0 Å². The van der Waals surface area contributed by atoms with Crippen molar-refractivity contribution in [2.24, 2.45) is 0 Å². The molecular formula is C26H24N4O2S. The Hall–Kier alpha value is -3.71. The summed E-state index contributed by atoms with van der Waals surface area (Å²) in [6.45, 7) is 4.95. The molecule has 1 fully saturated rings. The zero-order valence-electron chi connectivity index (χ0n) is 18.3. The number of para-hydroxylation sites is 1. The van der Waals surface area contributed by atoms with Crippen molar-refractivity contribution in [3.05, 3.63) is 99.0 Å². The van der Waals surface area contributed by atoms with Gasteiger partial charge in [-0.05, 0) is 67.2 Å². The SMILES string of the molecule is Cc1cccc(N2CCN(C(=O)c3ccc4c(=O)n(-c5ccccc5)c(=S)[nH]c4c3)CC2)c1. The number of rotatable bonds is 3. The molecule has 1 N–H and O–H groups in total. The number of aromatic amines is 1. The first-order valence-corrected chi connectivity index (χ1v) is 11.4. The molecule has 1 aromatic heterocycles. The van der Waals surface area contributed by atoms with Crippen LogP contribution in [0.5, 0.6) is 0 Å². The number of anilines is 1. The fraction of sp³-hybridized carbons (Fsp3) is 0.192. The van der Waals surface area contributed by atoms with Crippen LogP contribution < -0.4 is 10.5 Å². The summed E-state index contributed by atoms with van der Waals surface area (Å²) < 4.78 is 1.78. The molecule has 5 rings (SSSR count). The maximum absolute atomic E-state index is 13.2. The van der Waals surface area contributed by atoms with Crippen molar-refractivity contribution < 1.29 is 4.79 Å². The van der Waals surface area contributed by atoms with Crippen molar-refractivity contribution in [3.63, 3.8) is 0 Å². The monoisotopic (exact) mass is 456 g/mol. The minimum Gasteiger partial charge on any atom is -0.368 e. The maximum Gasteiger partial charge on any atom is 0.266 e. The highest BCUT2D eigenvalue weighted by Crippen LogP contribution is 2.20. The van der Waals surface area contributed by atoms with E-state index in [4.69, 9.17) is 12.2 Å². The molecule has 0 saturated carbocycles. The molecule has 0 radical (unpaired) electrons. The summed E-state index contributed by atoms with van der Waals surface area (Å²) in [5.41, 5.74) is 4.04. The molecule has 33 heavy (non-hydrogen) atoms. The molecule has 7 heteroatoms. The molecular weight excluding hydrogens is 432 g/mol. The lowest BCUT2D eigenvalue weighted by Gasteiger charge is -2.36. The molecule has 0 aliphatic carbocycles. The van der Waals surface area contributed by atoms with Crippen molar-refractivity contribution >= 4 is 34.7 Å². The predicted molar refractivity (Wildman–Crippen MR) is 134 cm³/mol. The van der Waals surface area contributed by atoms with Crippen molar-refractivity contribution in [1.82, 2.24) is 14.5 Å². The van der Waals surface area contributed by atoms with Gasteiger partial charge < -0.3 is 14.8 Å². The van der Waals surface area contributed by atoms with E-state index in [1.54, 1.807) is 18.2 Å². The Balaban J connectivity index is 1.39. The Kier molecular flexibility index (Phi) is 5.56. The number of hydrogen-bond donors (Lipinski definition) is 1. The van der Waals surface area contributed by atoms with Gasteiger partial charge in [-0.3, -0.25) is 14.2 Å². The van der Waals surface area contributed by atoms with Gasteiger partial charge in [0.25, 0.3) is 11.5 Å². The number of aromatic nitrogens is 2. The number of H-pyrrole nitrogens is 1. The number of carbonyl (C=O) groups is 1.